The molecule has 27 heavy (non-hydrogen) atoms. The van der Waals surface area contributed by atoms with E-state index in [1.54, 1.807) is 31.0 Å². The van der Waals surface area contributed by atoms with Crippen LogP contribution in [0.25, 0.3) is 0 Å². The van der Waals surface area contributed by atoms with Crippen LogP contribution >= 0.6 is 35.0 Å². The molecule has 0 spiro atoms. The Balaban J connectivity index is 1.74. The lowest BCUT2D eigenvalue weighted by Gasteiger charge is -2.17. The van der Waals surface area contributed by atoms with Crippen LogP contribution in [-0.2, 0) is 10.5 Å². The van der Waals surface area contributed by atoms with Crippen LogP contribution in [0, 0.1) is 0 Å². The standard InChI is InChI=1S/C20H23Cl2NO3S/c1-3-19(26-17-6-4-5-16(12-17)25-2)20(24)23-9-10-27-13-14-7-8-15(21)11-18(14)22/h4-8,11-12,19H,3,9-10,13H2,1-2H3,(H,23,24). The lowest BCUT2D eigenvalue weighted by molar-refractivity contribution is -0.127. The average Bonchev–Trinajstić information content (AvgIpc) is 2.67. The monoisotopic (exact) mass is 427 g/mol. The molecule has 2 aromatic rings. The molecule has 0 bridgehead atoms. The van der Waals surface area contributed by atoms with E-state index in [-0.39, 0.29) is 5.91 Å². The van der Waals surface area contributed by atoms with Crippen LogP contribution in [0.4, 0.5) is 0 Å². The Morgan fingerprint density at radius 2 is 1.96 bits per heavy atom. The number of carbonyl (C=O) groups is 1. The first-order valence-electron chi connectivity index (χ1n) is 8.63. The number of nitrogens with one attached hydrogen (secondary N) is 1. The van der Waals surface area contributed by atoms with Crippen LogP contribution in [-0.4, -0.2) is 31.4 Å². The summed E-state index contributed by atoms with van der Waals surface area (Å²) in [5, 5.41) is 4.21. The fraction of sp³-hybridized carbons (Fsp3) is 0.350. The number of hydrogen-bond acceptors (Lipinski definition) is 4. The zero-order chi connectivity index (χ0) is 19.6. The molecule has 0 radical (unpaired) electrons. The molecule has 1 atom stereocenters. The minimum atomic E-state index is -0.534. The van der Waals surface area contributed by atoms with Crippen molar-refractivity contribution >= 4 is 40.9 Å². The first-order chi connectivity index (χ1) is 13.0. The van der Waals surface area contributed by atoms with Crippen molar-refractivity contribution in [3.05, 3.63) is 58.1 Å². The number of halogens is 2. The molecule has 146 valence electrons. The number of rotatable bonds is 10. The first kappa shape index (κ1) is 21.7. The van der Waals surface area contributed by atoms with Crippen LogP contribution in [0.15, 0.2) is 42.5 Å². The van der Waals surface area contributed by atoms with Crippen LogP contribution < -0.4 is 14.8 Å². The minimum Gasteiger partial charge on any atom is -0.497 e. The summed E-state index contributed by atoms with van der Waals surface area (Å²) in [6, 6.07) is 12.7. The molecule has 4 nitrogen and oxygen atoms in total. The van der Waals surface area contributed by atoms with E-state index >= 15 is 0 Å². The molecule has 0 aliphatic carbocycles. The fourth-order valence-electron chi connectivity index (χ4n) is 2.34. The van der Waals surface area contributed by atoms with Gasteiger partial charge in [-0.3, -0.25) is 4.79 Å². The smallest absolute Gasteiger partial charge is 0.261 e. The maximum atomic E-state index is 12.3. The Bertz CT molecular complexity index is 758. The molecular weight excluding hydrogens is 405 g/mol. The van der Waals surface area contributed by atoms with Crippen molar-refractivity contribution in [2.45, 2.75) is 25.2 Å². The Kier molecular flexibility index (Phi) is 9.11. The van der Waals surface area contributed by atoms with E-state index in [0.29, 0.717) is 34.5 Å². The molecule has 0 saturated carbocycles. The summed E-state index contributed by atoms with van der Waals surface area (Å²) >= 11 is 13.8. The lowest BCUT2D eigenvalue weighted by Crippen LogP contribution is -2.39. The van der Waals surface area contributed by atoms with Crippen LogP contribution in [0.3, 0.4) is 0 Å². The van der Waals surface area contributed by atoms with Gasteiger partial charge in [0.2, 0.25) is 0 Å². The number of ether oxygens (including phenoxy) is 2. The number of amides is 1. The summed E-state index contributed by atoms with van der Waals surface area (Å²) in [4.78, 5) is 12.3. The molecule has 2 aromatic carbocycles. The van der Waals surface area contributed by atoms with Crippen LogP contribution in [0.1, 0.15) is 18.9 Å². The van der Waals surface area contributed by atoms with Crippen molar-refractivity contribution in [2.24, 2.45) is 0 Å². The van der Waals surface area contributed by atoms with Crippen LogP contribution in [0.2, 0.25) is 10.0 Å². The summed E-state index contributed by atoms with van der Waals surface area (Å²) in [5.74, 6) is 2.73. The first-order valence-corrected chi connectivity index (χ1v) is 10.5. The summed E-state index contributed by atoms with van der Waals surface area (Å²) in [5.41, 5.74) is 1.03. The van der Waals surface area contributed by atoms with Gasteiger partial charge in [0.05, 0.1) is 7.11 Å². The van der Waals surface area contributed by atoms with E-state index < -0.39 is 6.10 Å². The van der Waals surface area contributed by atoms with Crippen molar-refractivity contribution < 1.29 is 14.3 Å². The number of methoxy groups -OCH3 is 1. The van der Waals surface area contributed by atoms with Gasteiger partial charge in [0, 0.05) is 34.2 Å². The number of thioether (sulfide) groups is 1. The Hall–Kier alpha value is -1.56. The molecule has 0 aliphatic rings. The van der Waals surface area contributed by atoms with Gasteiger partial charge in [-0.25, -0.2) is 0 Å². The van der Waals surface area contributed by atoms with Crippen molar-refractivity contribution in [1.82, 2.24) is 5.32 Å². The van der Waals surface area contributed by atoms with Gasteiger partial charge < -0.3 is 14.8 Å². The number of carbonyl (C=O) groups excluding carboxylic acids is 1. The predicted octanol–water partition coefficient (Wildman–Crippen LogP) is 5.21. The molecule has 2 rings (SSSR count). The molecule has 1 amide bonds. The SMILES string of the molecule is CCC(Oc1cccc(OC)c1)C(=O)NCCSCc1ccc(Cl)cc1Cl. The molecule has 0 aromatic heterocycles. The second-order valence-electron chi connectivity index (χ2n) is 5.77. The number of benzene rings is 2. The molecule has 1 N–H and O–H groups in total. The molecule has 0 fully saturated rings. The quantitative estimate of drug-likeness (QED) is 0.528. The topological polar surface area (TPSA) is 47.6 Å². The van der Waals surface area contributed by atoms with Crippen molar-refractivity contribution in [3.63, 3.8) is 0 Å². The molecule has 0 heterocycles. The largest absolute Gasteiger partial charge is 0.497 e. The highest BCUT2D eigenvalue weighted by Gasteiger charge is 2.18. The Morgan fingerprint density at radius 3 is 2.67 bits per heavy atom. The Labute approximate surface area is 174 Å². The van der Waals surface area contributed by atoms with Gasteiger partial charge in [0.25, 0.3) is 5.91 Å². The second kappa shape index (κ2) is 11.3. The van der Waals surface area contributed by atoms with Gasteiger partial charge in [0.1, 0.15) is 11.5 Å². The van der Waals surface area contributed by atoms with E-state index in [9.17, 15) is 4.79 Å². The predicted molar refractivity (Wildman–Crippen MR) is 113 cm³/mol. The summed E-state index contributed by atoms with van der Waals surface area (Å²) in [6.45, 7) is 2.48. The summed E-state index contributed by atoms with van der Waals surface area (Å²) in [6.07, 6.45) is 0.0455. The van der Waals surface area contributed by atoms with Crippen molar-refractivity contribution in [2.75, 3.05) is 19.4 Å². The maximum Gasteiger partial charge on any atom is 0.261 e. The lowest BCUT2D eigenvalue weighted by atomic mass is 10.2. The zero-order valence-electron chi connectivity index (χ0n) is 15.3. The van der Waals surface area contributed by atoms with Gasteiger partial charge in [-0.15, -0.1) is 0 Å². The normalized spacial score (nSPS) is 11.7. The van der Waals surface area contributed by atoms with Gasteiger partial charge in [-0.1, -0.05) is 42.3 Å². The fourth-order valence-corrected chi connectivity index (χ4v) is 3.76. The zero-order valence-corrected chi connectivity index (χ0v) is 17.7. The highest BCUT2D eigenvalue weighted by molar-refractivity contribution is 7.98. The molecule has 7 heteroatoms. The third-order valence-electron chi connectivity index (χ3n) is 3.80. The average molecular weight is 428 g/mol. The molecule has 0 aliphatic heterocycles. The van der Waals surface area contributed by atoms with Crippen molar-refractivity contribution in [3.8, 4) is 11.5 Å². The van der Waals surface area contributed by atoms with E-state index in [4.69, 9.17) is 32.7 Å². The van der Waals surface area contributed by atoms with Gasteiger partial charge >= 0.3 is 0 Å². The molecular formula is C20H23Cl2NO3S. The number of hydrogen-bond donors (Lipinski definition) is 1. The third kappa shape index (κ3) is 7.17. The highest BCUT2D eigenvalue weighted by Crippen LogP contribution is 2.24. The van der Waals surface area contributed by atoms with E-state index in [0.717, 1.165) is 17.1 Å². The molecule has 0 saturated heterocycles. The molecule has 1 unspecified atom stereocenters. The Morgan fingerprint density at radius 1 is 1.19 bits per heavy atom. The van der Waals surface area contributed by atoms with Crippen LogP contribution in [0.5, 0.6) is 11.5 Å². The second-order valence-corrected chi connectivity index (χ2v) is 7.72. The van der Waals surface area contributed by atoms with Gasteiger partial charge in [-0.2, -0.15) is 11.8 Å². The maximum absolute atomic E-state index is 12.3. The highest BCUT2D eigenvalue weighted by atomic mass is 35.5. The van der Waals surface area contributed by atoms with Gasteiger partial charge in [0.15, 0.2) is 6.10 Å². The van der Waals surface area contributed by atoms with E-state index in [1.165, 1.54) is 0 Å². The van der Waals surface area contributed by atoms with E-state index in [2.05, 4.69) is 5.32 Å². The minimum absolute atomic E-state index is 0.120. The van der Waals surface area contributed by atoms with E-state index in [1.807, 2.05) is 37.3 Å². The summed E-state index contributed by atoms with van der Waals surface area (Å²) in [7, 11) is 1.60. The summed E-state index contributed by atoms with van der Waals surface area (Å²) < 4.78 is 11.0. The van der Waals surface area contributed by atoms with Gasteiger partial charge in [-0.05, 0) is 36.2 Å². The third-order valence-corrected chi connectivity index (χ3v) is 5.40. The van der Waals surface area contributed by atoms with Crippen molar-refractivity contribution in [1.29, 1.82) is 0 Å².